The maximum Gasteiger partial charge on any atom is 0.258 e. The molecule has 0 atom stereocenters. The Kier molecular flexibility index (Phi) is 7.64. The number of nitrogens with one attached hydrogen (secondary N) is 1. The first-order valence-electron chi connectivity index (χ1n) is 13.8. The van der Waals surface area contributed by atoms with Gasteiger partial charge in [-0.3, -0.25) is 14.5 Å². The summed E-state index contributed by atoms with van der Waals surface area (Å²) in [7, 11) is 2.12. The van der Waals surface area contributed by atoms with E-state index in [-0.39, 0.29) is 24.1 Å². The van der Waals surface area contributed by atoms with Gasteiger partial charge in [0.15, 0.2) is 0 Å². The number of halogens is 1. The van der Waals surface area contributed by atoms with Crippen molar-refractivity contribution in [1.29, 1.82) is 0 Å². The summed E-state index contributed by atoms with van der Waals surface area (Å²) in [4.78, 5) is 31.0. The molecule has 0 radical (unpaired) electrons. The number of amides is 1. The van der Waals surface area contributed by atoms with Crippen LogP contribution < -0.4 is 10.9 Å². The van der Waals surface area contributed by atoms with Gasteiger partial charge in [-0.25, -0.2) is 4.39 Å². The molecule has 1 saturated carbocycles. The van der Waals surface area contributed by atoms with E-state index in [0.29, 0.717) is 35.2 Å². The highest BCUT2D eigenvalue weighted by Gasteiger charge is 2.25. The molecule has 8 heteroatoms. The van der Waals surface area contributed by atoms with Gasteiger partial charge >= 0.3 is 0 Å². The van der Waals surface area contributed by atoms with Crippen LogP contribution in [0.1, 0.15) is 48.2 Å². The number of likely N-dealkylation sites (N-methyl/N-ethyl adjacent to an activating group) is 1. The first-order valence-corrected chi connectivity index (χ1v) is 13.8. The number of hydrogen-bond donors (Lipinski definition) is 2. The molecule has 1 saturated heterocycles. The first-order chi connectivity index (χ1) is 18.5. The number of fused-ring (bicyclic) bond motifs is 1. The summed E-state index contributed by atoms with van der Waals surface area (Å²) in [6, 6.07) is 8.86. The number of carbonyl (C=O) groups excluding carboxylic acids is 1. The first kappa shape index (κ1) is 27.5. The van der Waals surface area contributed by atoms with Crippen LogP contribution in [-0.4, -0.2) is 71.3 Å². The fourth-order valence-corrected chi connectivity index (χ4v) is 5.24. The molecule has 39 heavy (non-hydrogen) atoms. The molecule has 0 spiro atoms. The van der Waals surface area contributed by atoms with E-state index in [1.807, 2.05) is 38.2 Å². The van der Waals surface area contributed by atoms with E-state index in [0.717, 1.165) is 55.5 Å². The second kappa shape index (κ2) is 10.8. The van der Waals surface area contributed by atoms with Crippen molar-refractivity contribution in [2.24, 2.45) is 5.41 Å². The molecular formula is C31H39FN4O3. The average molecular weight is 535 g/mol. The number of aliphatic hydroxyl groups is 1. The van der Waals surface area contributed by atoms with Gasteiger partial charge in [-0.05, 0) is 78.7 Å². The SMILES string of the molecule is Cc1c(F)cc(C(=O)NC2CC2)cc1-c1ccc2c(=O)n(CC(C)(C)CO)cc(CN3CCN(C)CC3)c2c1. The van der Waals surface area contributed by atoms with Gasteiger partial charge in [0.2, 0.25) is 0 Å². The van der Waals surface area contributed by atoms with Gasteiger partial charge in [0.05, 0.1) is 0 Å². The van der Waals surface area contributed by atoms with Gasteiger partial charge < -0.3 is 19.9 Å². The van der Waals surface area contributed by atoms with Crippen LogP contribution in [0.15, 0.2) is 41.3 Å². The summed E-state index contributed by atoms with van der Waals surface area (Å²) in [5.74, 6) is -0.684. The van der Waals surface area contributed by atoms with Crippen LogP contribution in [0.2, 0.25) is 0 Å². The number of hydrogen-bond acceptors (Lipinski definition) is 5. The Morgan fingerprint density at radius 1 is 1.10 bits per heavy atom. The number of pyridine rings is 1. The zero-order valence-corrected chi connectivity index (χ0v) is 23.4. The maximum absolute atomic E-state index is 15.0. The lowest BCUT2D eigenvalue weighted by Gasteiger charge is -2.33. The molecule has 1 aliphatic carbocycles. The van der Waals surface area contributed by atoms with E-state index >= 15 is 4.39 Å². The Balaban J connectivity index is 1.60. The van der Waals surface area contributed by atoms with Crippen LogP contribution in [0.5, 0.6) is 0 Å². The summed E-state index contributed by atoms with van der Waals surface area (Å²) in [5.41, 5.74) is 2.65. The number of piperazine rings is 1. The summed E-state index contributed by atoms with van der Waals surface area (Å²) in [6.07, 6.45) is 3.85. The number of aliphatic hydroxyl groups excluding tert-OH is 1. The third-order valence-corrected chi connectivity index (χ3v) is 8.01. The molecule has 5 rings (SSSR count). The lowest BCUT2D eigenvalue weighted by molar-refractivity contribution is 0.0950. The standard InChI is InChI=1S/C31H39FN4O3/c1-20-26(14-22(15-28(20)32)29(38)33-24-6-7-24)21-5-8-25-27(13-21)23(16-35-11-9-34(4)10-12-35)17-36(30(25)39)18-31(2,3)19-37/h5,8,13-15,17,24,37H,6-7,9-12,16,18-19H2,1-4H3,(H,33,38). The topological polar surface area (TPSA) is 77.8 Å². The van der Waals surface area contributed by atoms with Crippen molar-refractivity contribution in [3.05, 3.63) is 69.4 Å². The monoisotopic (exact) mass is 534 g/mol. The van der Waals surface area contributed by atoms with Crippen LogP contribution in [0.25, 0.3) is 21.9 Å². The van der Waals surface area contributed by atoms with Crippen molar-refractivity contribution in [2.75, 3.05) is 39.8 Å². The molecule has 1 amide bonds. The van der Waals surface area contributed by atoms with Gasteiger partial charge in [-0.1, -0.05) is 19.9 Å². The largest absolute Gasteiger partial charge is 0.396 e. The van der Waals surface area contributed by atoms with Crippen LogP contribution in [-0.2, 0) is 13.1 Å². The molecule has 3 aromatic rings. The van der Waals surface area contributed by atoms with Crippen LogP contribution in [0.3, 0.4) is 0 Å². The predicted octanol–water partition coefficient (Wildman–Crippen LogP) is 3.77. The zero-order valence-electron chi connectivity index (χ0n) is 23.4. The molecule has 1 aromatic heterocycles. The van der Waals surface area contributed by atoms with E-state index in [9.17, 15) is 14.7 Å². The average Bonchev–Trinajstić information content (AvgIpc) is 3.73. The lowest BCUT2D eigenvalue weighted by Crippen LogP contribution is -2.44. The van der Waals surface area contributed by atoms with Gasteiger partial charge in [0.1, 0.15) is 5.82 Å². The number of carbonyl (C=O) groups is 1. The molecule has 0 bridgehead atoms. The van der Waals surface area contributed by atoms with E-state index in [2.05, 4.69) is 22.2 Å². The number of rotatable bonds is 8. The third-order valence-electron chi connectivity index (χ3n) is 8.01. The Hall–Kier alpha value is -3.07. The molecule has 2 aromatic carbocycles. The number of benzene rings is 2. The molecule has 208 valence electrons. The van der Waals surface area contributed by atoms with Crippen molar-refractivity contribution in [1.82, 2.24) is 19.7 Å². The molecule has 2 heterocycles. The molecular weight excluding hydrogens is 495 g/mol. The minimum absolute atomic E-state index is 0.0281. The highest BCUT2D eigenvalue weighted by atomic mass is 19.1. The van der Waals surface area contributed by atoms with Crippen molar-refractivity contribution >= 4 is 16.7 Å². The quantitative estimate of drug-likeness (QED) is 0.460. The van der Waals surface area contributed by atoms with Crippen molar-refractivity contribution in [2.45, 2.75) is 52.7 Å². The fraction of sp³-hybridized carbons (Fsp3) is 0.484. The Morgan fingerprint density at radius 3 is 2.49 bits per heavy atom. The van der Waals surface area contributed by atoms with Crippen molar-refractivity contribution < 1.29 is 14.3 Å². The lowest BCUT2D eigenvalue weighted by atomic mass is 9.93. The van der Waals surface area contributed by atoms with Gasteiger partial charge in [-0.2, -0.15) is 0 Å². The minimum Gasteiger partial charge on any atom is -0.396 e. The van der Waals surface area contributed by atoms with Gasteiger partial charge in [0.25, 0.3) is 11.5 Å². The van der Waals surface area contributed by atoms with Crippen LogP contribution in [0.4, 0.5) is 4.39 Å². The predicted molar refractivity (Wildman–Crippen MR) is 152 cm³/mol. The van der Waals surface area contributed by atoms with Crippen LogP contribution in [0, 0.1) is 18.2 Å². The van der Waals surface area contributed by atoms with Gasteiger partial charge in [0, 0.05) is 74.5 Å². The normalized spacial score (nSPS) is 17.1. The molecule has 0 unspecified atom stereocenters. The second-order valence-electron chi connectivity index (χ2n) is 12.1. The molecule has 2 N–H and O–H groups in total. The summed E-state index contributed by atoms with van der Waals surface area (Å²) in [6.45, 7) is 10.5. The van der Waals surface area contributed by atoms with E-state index in [1.165, 1.54) is 6.07 Å². The Morgan fingerprint density at radius 2 is 1.82 bits per heavy atom. The number of aromatic nitrogens is 1. The van der Waals surface area contributed by atoms with E-state index in [1.54, 1.807) is 17.6 Å². The zero-order chi connectivity index (χ0) is 27.9. The maximum atomic E-state index is 15.0. The number of nitrogens with zero attached hydrogens (tertiary/aromatic N) is 3. The molecule has 2 fully saturated rings. The molecule has 2 aliphatic rings. The van der Waals surface area contributed by atoms with Crippen molar-refractivity contribution in [3.63, 3.8) is 0 Å². The molecule has 1 aliphatic heterocycles. The fourth-order valence-electron chi connectivity index (χ4n) is 5.24. The van der Waals surface area contributed by atoms with Crippen molar-refractivity contribution in [3.8, 4) is 11.1 Å². The smallest absolute Gasteiger partial charge is 0.258 e. The highest BCUT2D eigenvalue weighted by Crippen LogP contribution is 2.31. The summed E-state index contributed by atoms with van der Waals surface area (Å²) < 4.78 is 16.7. The summed E-state index contributed by atoms with van der Waals surface area (Å²) in [5, 5.41) is 14.2. The second-order valence-corrected chi connectivity index (χ2v) is 12.1. The van der Waals surface area contributed by atoms with Gasteiger partial charge in [-0.15, -0.1) is 0 Å². The van der Waals surface area contributed by atoms with E-state index in [4.69, 9.17) is 0 Å². The van der Waals surface area contributed by atoms with E-state index < -0.39 is 11.2 Å². The molecule has 7 nitrogen and oxygen atoms in total. The minimum atomic E-state index is -0.446. The van der Waals surface area contributed by atoms with Crippen LogP contribution >= 0.6 is 0 Å². The Labute approximate surface area is 229 Å². The Bertz CT molecular complexity index is 1450. The summed E-state index contributed by atoms with van der Waals surface area (Å²) >= 11 is 0. The highest BCUT2D eigenvalue weighted by molar-refractivity contribution is 5.97. The third kappa shape index (κ3) is 6.08.